The average Bonchev–Trinajstić information content (AvgIpc) is 3.20. The van der Waals surface area contributed by atoms with Gasteiger partial charge in [0.1, 0.15) is 0 Å². The zero-order valence-corrected chi connectivity index (χ0v) is 21.6. The van der Waals surface area contributed by atoms with Gasteiger partial charge in [-0.25, -0.2) is 0 Å². The van der Waals surface area contributed by atoms with Crippen molar-refractivity contribution in [2.75, 3.05) is 13.2 Å². The molecule has 0 heterocycles. The predicted molar refractivity (Wildman–Crippen MR) is 126 cm³/mol. The summed E-state index contributed by atoms with van der Waals surface area (Å²) >= 11 is 0. The molecular formula is C26H44O2Si. The highest BCUT2D eigenvalue weighted by Crippen LogP contribution is 2.61. The molecule has 1 aromatic rings. The highest BCUT2D eigenvalue weighted by atomic mass is 28.4. The van der Waals surface area contributed by atoms with Gasteiger partial charge in [-0.05, 0) is 70.3 Å². The normalized spacial score (nSPS) is 30.7. The Balaban J connectivity index is 1.90. The Labute approximate surface area is 180 Å². The van der Waals surface area contributed by atoms with E-state index >= 15 is 0 Å². The van der Waals surface area contributed by atoms with E-state index in [4.69, 9.17) is 4.43 Å². The molecule has 1 fully saturated rings. The van der Waals surface area contributed by atoms with Gasteiger partial charge in [-0.1, -0.05) is 73.6 Å². The molecule has 2 aliphatic rings. The van der Waals surface area contributed by atoms with Crippen LogP contribution >= 0.6 is 0 Å². The fraction of sp³-hybridized carbons (Fsp3) is 0.769. The lowest BCUT2D eigenvalue weighted by molar-refractivity contribution is 0.232. The molecule has 3 atom stereocenters. The molecule has 3 rings (SSSR count). The Morgan fingerprint density at radius 1 is 0.966 bits per heavy atom. The summed E-state index contributed by atoms with van der Waals surface area (Å²) in [5.41, 5.74) is 4.90. The summed E-state index contributed by atoms with van der Waals surface area (Å²) in [7, 11) is -1.78. The van der Waals surface area contributed by atoms with Crippen molar-refractivity contribution in [1.82, 2.24) is 0 Å². The lowest BCUT2D eigenvalue weighted by Crippen LogP contribution is -2.41. The largest absolute Gasteiger partial charge is 0.417 e. The van der Waals surface area contributed by atoms with Crippen molar-refractivity contribution in [2.45, 2.75) is 103 Å². The molecule has 2 nitrogen and oxygen atoms in total. The molecule has 164 valence electrons. The third kappa shape index (κ3) is 3.76. The maximum atomic E-state index is 10.1. The van der Waals surface area contributed by atoms with Crippen LogP contribution in [0.15, 0.2) is 18.2 Å². The van der Waals surface area contributed by atoms with Crippen LogP contribution in [0.5, 0.6) is 0 Å². The van der Waals surface area contributed by atoms with Crippen molar-refractivity contribution in [2.24, 2.45) is 11.8 Å². The number of aliphatic hydroxyl groups is 1. The SMILES string of the molecule is CC1(C)CCC(C)(C)c2cc([C@]3(C)[C@H](CO[Si](C)(C)C(C)(C)C)[C@@H]3CO)ccc21. The van der Waals surface area contributed by atoms with Crippen LogP contribution in [-0.4, -0.2) is 26.6 Å². The number of benzene rings is 1. The van der Waals surface area contributed by atoms with Gasteiger partial charge in [0.05, 0.1) is 0 Å². The molecule has 0 spiro atoms. The number of hydrogen-bond donors (Lipinski definition) is 1. The quantitative estimate of drug-likeness (QED) is 0.551. The van der Waals surface area contributed by atoms with Crippen LogP contribution in [0.25, 0.3) is 0 Å². The first-order valence-corrected chi connectivity index (χ1v) is 14.4. The molecule has 2 aliphatic carbocycles. The van der Waals surface area contributed by atoms with Gasteiger partial charge in [0.2, 0.25) is 0 Å². The number of hydrogen-bond acceptors (Lipinski definition) is 2. The molecule has 0 bridgehead atoms. The number of aliphatic hydroxyl groups excluding tert-OH is 1. The van der Waals surface area contributed by atoms with E-state index in [2.05, 4.69) is 86.7 Å². The highest BCUT2D eigenvalue weighted by molar-refractivity contribution is 6.74. The minimum absolute atomic E-state index is 0.0177. The Bertz CT molecular complexity index is 771. The van der Waals surface area contributed by atoms with Gasteiger partial charge in [0, 0.05) is 18.6 Å². The van der Waals surface area contributed by atoms with E-state index in [1.54, 1.807) is 0 Å². The van der Waals surface area contributed by atoms with Crippen molar-refractivity contribution in [3.63, 3.8) is 0 Å². The fourth-order valence-electron chi connectivity index (χ4n) is 5.17. The van der Waals surface area contributed by atoms with Gasteiger partial charge in [-0.2, -0.15) is 0 Å². The van der Waals surface area contributed by atoms with Gasteiger partial charge in [-0.15, -0.1) is 0 Å². The standard InChI is InChI=1S/C26H44O2Si/c1-23(2,3)29(9,10)28-17-22-21(16-27)26(22,8)18-11-12-19-20(15-18)25(6,7)14-13-24(19,4)5/h11-12,15,21-22,27H,13-14,16-17H2,1-10H3/t21-,22+,26-/m0/s1. The summed E-state index contributed by atoms with van der Waals surface area (Å²) in [6.07, 6.45) is 2.47. The summed E-state index contributed by atoms with van der Waals surface area (Å²) in [5, 5.41) is 10.4. The van der Waals surface area contributed by atoms with Crippen LogP contribution in [0.2, 0.25) is 18.1 Å². The van der Waals surface area contributed by atoms with Crippen molar-refractivity contribution < 1.29 is 9.53 Å². The Morgan fingerprint density at radius 2 is 1.52 bits per heavy atom. The van der Waals surface area contributed by atoms with Crippen molar-refractivity contribution in [3.05, 3.63) is 34.9 Å². The fourth-order valence-corrected chi connectivity index (χ4v) is 6.20. The van der Waals surface area contributed by atoms with E-state index < -0.39 is 8.32 Å². The number of fused-ring (bicyclic) bond motifs is 1. The monoisotopic (exact) mass is 416 g/mol. The van der Waals surface area contributed by atoms with E-state index in [1.165, 1.54) is 29.5 Å². The molecule has 0 aliphatic heterocycles. The zero-order chi connectivity index (χ0) is 22.0. The third-order valence-electron chi connectivity index (χ3n) is 9.02. The smallest absolute Gasteiger partial charge is 0.191 e. The van der Waals surface area contributed by atoms with E-state index in [0.29, 0.717) is 11.8 Å². The summed E-state index contributed by atoms with van der Waals surface area (Å²) in [6.45, 7) is 24.4. The minimum atomic E-state index is -1.78. The molecule has 1 aromatic carbocycles. The van der Waals surface area contributed by atoms with E-state index in [0.717, 1.165) is 6.61 Å². The van der Waals surface area contributed by atoms with Gasteiger partial charge in [-0.3, -0.25) is 0 Å². The van der Waals surface area contributed by atoms with E-state index in [1.807, 2.05) is 0 Å². The van der Waals surface area contributed by atoms with E-state index in [9.17, 15) is 5.11 Å². The lowest BCUT2D eigenvalue weighted by Gasteiger charge is -2.42. The van der Waals surface area contributed by atoms with Crippen LogP contribution in [0, 0.1) is 11.8 Å². The molecule has 0 aromatic heterocycles. The van der Waals surface area contributed by atoms with Crippen molar-refractivity contribution >= 4 is 8.32 Å². The first-order valence-electron chi connectivity index (χ1n) is 11.5. The Hall–Kier alpha value is -0.643. The zero-order valence-electron chi connectivity index (χ0n) is 20.6. The molecule has 0 amide bonds. The summed E-state index contributed by atoms with van der Waals surface area (Å²) in [6, 6.07) is 7.21. The molecule has 1 saturated carbocycles. The van der Waals surface area contributed by atoms with Gasteiger partial charge in [0.25, 0.3) is 0 Å². The lowest BCUT2D eigenvalue weighted by atomic mass is 9.62. The van der Waals surface area contributed by atoms with E-state index in [-0.39, 0.29) is 27.9 Å². The van der Waals surface area contributed by atoms with Crippen LogP contribution in [0.3, 0.4) is 0 Å². The molecule has 0 saturated heterocycles. The maximum absolute atomic E-state index is 10.1. The average molecular weight is 417 g/mol. The molecule has 3 heteroatoms. The van der Waals surface area contributed by atoms with Crippen molar-refractivity contribution in [3.8, 4) is 0 Å². The molecule has 0 unspecified atom stereocenters. The van der Waals surface area contributed by atoms with Gasteiger partial charge < -0.3 is 9.53 Å². The first kappa shape index (κ1) is 23.0. The summed E-state index contributed by atoms with van der Waals surface area (Å²) in [4.78, 5) is 0. The van der Waals surface area contributed by atoms with Gasteiger partial charge >= 0.3 is 0 Å². The Morgan fingerprint density at radius 3 is 2.03 bits per heavy atom. The molecule has 1 N–H and O–H groups in total. The number of rotatable bonds is 5. The first-order chi connectivity index (χ1) is 13.1. The van der Waals surface area contributed by atoms with Crippen molar-refractivity contribution in [1.29, 1.82) is 0 Å². The van der Waals surface area contributed by atoms with Crippen LogP contribution in [-0.2, 0) is 20.7 Å². The third-order valence-corrected chi connectivity index (χ3v) is 13.5. The van der Waals surface area contributed by atoms with Crippen LogP contribution in [0.4, 0.5) is 0 Å². The minimum Gasteiger partial charge on any atom is -0.417 e. The molecule has 0 radical (unpaired) electrons. The molecular weight excluding hydrogens is 372 g/mol. The second kappa shape index (κ2) is 6.93. The predicted octanol–water partition coefficient (Wildman–Crippen LogP) is 6.55. The maximum Gasteiger partial charge on any atom is 0.191 e. The molecule has 29 heavy (non-hydrogen) atoms. The summed E-state index contributed by atoms with van der Waals surface area (Å²) < 4.78 is 6.58. The van der Waals surface area contributed by atoms with Gasteiger partial charge in [0.15, 0.2) is 8.32 Å². The second-order valence-corrected chi connectivity index (χ2v) is 17.6. The highest BCUT2D eigenvalue weighted by Gasteiger charge is 2.62. The van der Waals surface area contributed by atoms with Crippen LogP contribution < -0.4 is 0 Å². The van der Waals surface area contributed by atoms with Crippen LogP contribution in [0.1, 0.15) is 84.9 Å². The topological polar surface area (TPSA) is 29.5 Å². The Kier molecular flexibility index (Phi) is 5.51. The second-order valence-electron chi connectivity index (χ2n) is 12.8. The summed E-state index contributed by atoms with van der Waals surface area (Å²) in [5.74, 6) is 0.699.